The van der Waals surface area contributed by atoms with Gasteiger partial charge < -0.3 is 10.2 Å². The predicted octanol–water partition coefficient (Wildman–Crippen LogP) is 4.18. The lowest BCUT2D eigenvalue weighted by Crippen LogP contribution is -2.34. The van der Waals surface area contributed by atoms with E-state index in [1.165, 1.54) is 5.56 Å². The number of hydrogen-bond acceptors (Lipinski definition) is 3. The molecule has 6 heteroatoms. The zero-order chi connectivity index (χ0) is 14.7. The van der Waals surface area contributed by atoms with Crippen molar-refractivity contribution in [2.24, 2.45) is 0 Å². The summed E-state index contributed by atoms with van der Waals surface area (Å²) in [5.74, 6) is 1.05. The number of hydrogen-bond donors (Lipinski definition) is 1. The van der Waals surface area contributed by atoms with Crippen molar-refractivity contribution in [2.45, 2.75) is 5.37 Å². The van der Waals surface area contributed by atoms with Gasteiger partial charge in [-0.05, 0) is 36.5 Å². The summed E-state index contributed by atoms with van der Waals surface area (Å²) in [7, 11) is 0. The zero-order valence-corrected chi connectivity index (χ0v) is 13.6. The number of rotatable bonds is 2. The smallest absolute Gasteiger partial charge is 0.174 e. The van der Waals surface area contributed by atoms with E-state index in [0.717, 1.165) is 23.1 Å². The molecule has 3 nitrogen and oxygen atoms in total. The van der Waals surface area contributed by atoms with Gasteiger partial charge in [0.1, 0.15) is 5.37 Å². The summed E-state index contributed by atoms with van der Waals surface area (Å²) in [5, 5.41) is 4.90. The summed E-state index contributed by atoms with van der Waals surface area (Å²) >= 11 is 13.4. The summed E-state index contributed by atoms with van der Waals surface area (Å²) in [5.41, 5.74) is 2.09. The first-order valence-corrected chi connectivity index (χ1v) is 8.42. The Morgan fingerprint density at radius 3 is 3.05 bits per heavy atom. The molecule has 1 saturated heterocycles. The largest absolute Gasteiger partial charge is 0.333 e. The number of nitrogens with one attached hydrogen (secondary N) is 1. The molecule has 108 valence electrons. The Morgan fingerprint density at radius 2 is 2.29 bits per heavy atom. The fourth-order valence-electron chi connectivity index (χ4n) is 2.24. The van der Waals surface area contributed by atoms with Crippen LogP contribution in [-0.4, -0.2) is 27.3 Å². The number of anilines is 1. The van der Waals surface area contributed by atoms with E-state index < -0.39 is 0 Å². The van der Waals surface area contributed by atoms with Crippen LogP contribution in [0.1, 0.15) is 10.9 Å². The van der Waals surface area contributed by atoms with E-state index in [9.17, 15) is 0 Å². The molecule has 1 aromatic carbocycles. The minimum Gasteiger partial charge on any atom is -0.333 e. The first-order valence-electron chi connectivity index (χ1n) is 6.59. The average Bonchev–Trinajstić information content (AvgIpc) is 2.98. The SMILES string of the molecule is S=C(Nc1cccc(Cl)c1)N1CCSC1c1cccnc1. The molecule has 0 aliphatic carbocycles. The van der Waals surface area contributed by atoms with E-state index in [4.69, 9.17) is 23.8 Å². The van der Waals surface area contributed by atoms with Crippen molar-refractivity contribution in [2.75, 3.05) is 17.6 Å². The molecule has 3 rings (SSSR count). The molecular formula is C15H14ClN3S2. The molecule has 2 aromatic rings. The predicted molar refractivity (Wildman–Crippen MR) is 93.8 cm³/mol. The molecule has 21 heavy (non-hydrogen) atoms. The van der Waals surface area contributed by atoms with E-state index in [1.807, 2.05) is 48.3 Å². The van der Waals surface area contributed by atoms with E-state index in [0.29, 0.717) is 5.02 Å². The van der Waals surface area contributed by atoms with Crippen LogP contribution in [0.5, 0.6) is 0 Å². The van der Waals surface area contributed by atoms with Gasteiger partial charge in [0.05, 0.1) is 0 Å². The van der Waals surface area contributed by atoms with E-state index in [-0.39, 0.29) is 5.37 Å². The standard InChI is InChI=1S/C15H14ClN3S2/c16-12-4-1-5-13(9-12)18-15(20)19-7-8-21-14(19)11-3-2-6-17-10-11/h1-6,9-10,14H,7-8H2,(H,18,20). The third-order valence-electron chi connectivity index (χ3n) is 3.20. The van der Waals surface area contributed by atoms with Crippen molar-refractivity contribution in [1.82, 2.24) is 9.88 Å². The van der Waals surface area contributed by atoms with Crippen LogP contribution in [0.15, 0.2) is 48.8 Å². The lowest BCUT2D eigenvalue weighted by atomic mass is 10.2. The summed E-state index contributed by atoms with van der Waals surface area (Å²) in [6.45, 7) is 0.927. The van der Waals surface area contributed by atoms with Crippen LogP contribution in [0.4, 0.5) is 5.69 Å². The zero-order valence-electron chi connectivity index (χ0n) is 11.2. The van der Waals surface area contributed by atoms with Gasteiger partial charge in [-0.1, -0.05) is 23.7 Å². The normalized spacial score (nSPS) is 17.8. The lowest BCUT2D eigenvalue weighted by Gasteiger charge is -2.26. The van der Waals surface area contributed by atoms with Crippen LogP contribution in [0.2, 0.25) is 5.02 Å². The van der Waals surface area contributed by atoms with Crippen molar-refractivity contribution in [1.29, 1.82) is 0 Å². The molecule has 1 atom stereocenters. The minimum absolute atomic E-state index is 0.220. The second-order valence-corrected chi connectivity index (χ2v) is 6.65. The Balaban J connectivity index is 1.74. The minimum atomic E-state index is 0.220. The lowest BCUT2D eigenvalue weighted by molar-refractivity contribution is 0.457. The molecule has 1 aromatic heterocycles. The average molecular weight is 336 g/mol. The summed E-state index contributed by atoms with van der Waals surface area (Å²) < 4.78 is 0. The summed E-state index contributed by atoms with van der Waals surface area (Å²) in [4.78, 5) is 6.39. The van der Waals surface area contributed by atoms with Crippen molar-refractivity contribution >= 4 is 46.4 Å². The van der Waals surface area contributed by atoms with Crippen LogP contribution in [-0.2, 0) is 0 Å². The number of thiocarbonyl (C=S) groups is 1. The third-order valence-corrected chi connectivity index (χ3v) is 5.03. The highest BCUT2D eigenvalue weighted by Gasteiger charge is 2.28. The maximum absolute atomic E-state index is 6.00. The van der Waals surface area contributed by atoms with E-state index >= 15 is 0 Å². The summed E-state index contributed by atoms with van der Waals surface area (Å²) in [6, 6.07) is 11.6. The molecule has 0 spiro atoms. The number of pyridine rings is 1. The van der Waals surface area contributed by atoms with Crippen LogP contribution in [0.3, 0.4) is 0 Å². The van der Waals surface area contributed by atoms with Gasteiger partial charge in [-0.2, -0.15) is 0 Å². The molecule has 1 N–H and O–H groups in total. The second kappa shape index (κ2) is 6.64. The Hall–Kier alpha value is -1.30. The van der Waals surface area contributed by atoms with Crippen LogP contribution < -0.4 is 5.32 Å². The number of thioether (sulfide) groups is 1. The van der Waals surface area contributed by atoms with Gasteiger partial charge in [-0.25, -0.2) is 0 Å². The number of halogens is 1. The van der Waals surface area contributed by atoms with Crippen molar-refractivity contribution in [3.63, 3.8) is 0 Å². The van der Waals surface area contributed by atoms with Gasteiger partial charge in [0.15, 0.2) is 5.11 Å². The molecule has 2 heterocycles. The summed E-state index contributed by atoms with van der Waals surface area (Å²) in [6.07, 6.45) is 3.69. The molecule has 1 aliphatic heterocycles. The number of benzene rings is 1. The Bertz CT molecular complexity index is 636. The maximum Gasteiger partial charge on any atom is 0.174 e. The highest BCUT2D eigenvalue weighted by atomic mass is 35.5. The number of nitrogens with zero attached hydrogens (tertiary/aromatic N) is 2. The van der Waals surface area contributed by atoms with Gasteiger partial charge in [0.2, 0.25) is 0 Å². The molecule has 0 bridgehead atoms. The van der Waals surface area contributed by atoms with E-state index in [2.05, 4.69) is 21.3 Å². The van der Waals surface area contributed by atoms with Gasteiger partial charge in [-0.15, -0.1) is 11.8 Å². The second-order valence-electron chi connectivity index (χ2n) is 4.64. The molecule has 1 aliphatic rings. The topological polar surface area (TPSA) is 28.2 Å². The Kier molecular flexibility index (Phi) is 4.63. The Labute approximate surface area is 138 Å². The van der Waals surface area contributed by atoms with Crippen molar-refractivity contribution < 1.29 is 0 Å². The quantitative estimate of drug-likeness (QED) is 0.831. The third kappa shape index (κ3) is 3.48. The fourth-order valence-corrected chi connectivity index (χ4v) is 4.06. The van der Waals surface area contributed by atoms with Gasteiger partial charge in [-0.3, -0.25) is 4.98 Å². The molecular weight excluding hydrogens is 322 g/mol. The van der Waals surface area contributed by atoms with Gasteiger partial charge in [0, 0.05) is 41.0 Å². The first kappa shape index (κ1) is 14.6. The van der Waals surface area contributed by atoms with Crippen LogP contribution in [0.25, 0.3) is 0 Å². The number of aromatic nitrogens is 1. The molecule has 1 fully saturated rings. The van der Waals surface area contributed by atoms with Gasteiger partial charge >= 0.3 is 0 Å². The Morgan fingerprint density at radius 1 is 1.38 bits per heavy atom. The fraction of sp³-hybridized carbons (Fsp3) is 0.200. The maximum atomic E-state index is 6.00. The molecule has 0 saturated carbocycles. The van der Waals surface area contributed by atoms with Gasteiger partial charge in [0.25, 0.3) is 0 Å². The van der Waals surface area contributed by atoms with Crippen molar-refractivity contribution in [3.8, 4) is 0 Å². The van der Waals surface area contributed by atoms with Crippen LogP contribution in [0, 0.1) is 0 Å². The van der Waals surface area contributed by atoms with Crippen LogP contribution >= 0.6 is 35.6 Å². The molecule has 0 amide bonds. The highest BCUT2D eigenvalue weighted by Crippen LogP contribution is 2.37. The van der Waals surface area contributed by atoms with E-state index in [1.54, 1.807) is 6.20 Å². The highest BCUT2D eigenvalue weighted by molar-refractivity contribution is 7.99. The molecule has 1 unspecified atom stereocenters. The first-order chi connectivity index (χ1) is 10.2. The van der Waals surface area contributed by atoms with Crippen molar-refractivity contribution in [3.05, 3.63) is 59.4 Å². The monoisotopic (exact) mass is 335 g/mol. The molecule has 0 radical (unpaired) electrons.